The summed E-state index contributed by atoms with van der Waals surface area (Å²) in [6.07, 6.45) is 6.69. The van der Waals surface area contributed by atoms with Gasteiger partial charge in [0.25, 0.3) is 0 Å². The Morgan fingerprint density at radius 3 is 1.18 bits per heavy atom. The molecule has 0 spiro atoms. The van der Waals surface area contributed by atoms with Gasteiger partial charge in [0.1, 0.15) is 0 Å². The predicted molar refractivity (Wildman–Crippen MR) is 121 cm³/mol. The zero-order valence-electron chi connectivity index (χ0n) is 14.8. The van der Waals surface area contributed by atoms with Gasteiger partial charge >= 0.3 is 0 Å². The van der Waals surface area contributed by atoms with E-state index >= 15 is 0 Å². The molecule has 0 fully saturated rings. The molecular formula is C24H16Br2O2. The van der Waals surface area contributed by atoms with Gasteiger partial charge < -0.3 is 0 Å². The molecule has 0 saturated heterocycles. The molecule has 2 nitrogen and oxygen atoms in total. The average molecular weight is 496 g/mol. The van der Waals surface area contributed by atoms with Crippen molar-refractivity contribution >= 4 is 55.6 Å². The molecule has 0 aliphatic rings. The van der Waals surface area contributed by atoms with Crippen molar-refractivity contribution in [3.05, 3.63) is 116 Å². The van der Waals surface area contributed by atoms with E-state index in [2.05, 4.69) is 31.9 Å². The van der Waals surface area contributed by atoms with Crippen LogP contribution in [0.15, 0.2) is 93.9 Å². The van der Waals surface area contributed by atoms with Crippen molar-refractivity contribution < 1.29 is 9.59 Å². The lowest BCUT2D eigenvalue weighted by Crippen LogP contribution is -1.93. The molecule has 0 radical (unpaired) electrons. The highest BCUT2D eigenvalue weighted by Crippen LogP contribution is 2.14. The minimum Gasteiger partial charge on any atom is -0.289 e. The van der Waals surface area contributed by atoms with E-state index in [-0.39, 0.29) is 11.6 Å². The summed E-state index contributed by atoms with van der Waals surface area (Å²) in [6.45, 7) is 0. The second-order valence-corrected chi connectivity index (χ2v) is 7.91. The first-order chi connectivity index (χ1) is 13.5. The van der Waals surface area contributed by atoms with Gasteiger partial charge in [-0.15, -0.1) is 0 Å². The number of hydrogen-bond donors (Lipinski definition) is 0. The number of benzene rings is 3. The number of ketones is 2. The monoisotopic (exact) mass is 494 g/mol. The lowest BCUT2D eigenvalue weighted by atomic mass is 10.1. The highest BCUT2D eigenvalue weighted by atomic mass is 79.9. The Hall–Kier alpha value is -2.56. The molecule has 0 unspecified atom stereocenters. The van der Waals surface area contributed by atoms with Gasteiger partial charge in [-0.3, -0.25) is 9.59 Å². The normalized spacial score (nSPS) is 11.2. The first-order valence-electron chi connectivity index (χ1n) is 8.57. The maximum atomic E-state index is 12.2. The molecule has 0 amide bonds. The van der Waals surface area contributed by atoms with Crippen LogP contribution >= 0.6 is 31.9 Å². The van der Waals surface area contributed by atoms with Gasteiger partial charge in [0, 0.05) is 20.1 Å². The molecule has 0 atom stereocenters. The van der Waals surface area contributed by atoms with Crippen molar-refractivity contribution in [3.63, 3.8) is 0 Å². The Bertz CT molecular complexity index is 943. The third kappa shape index (κ3) is 5.72. The fourth-order valence-electron chi connectivity index (χ4n) is 2.48. The number of allylic oxidation sites excluding steroid dienone is 2. The fourth-order valence-corrected chi connectivity index (χ4v) is 3.01. The maximum Gasteiger partial charge on any atom is 0.185 e. The van der Waals surface area contributed by atoms with E-state index in [1.54, 1.807) is 48.6 Å². The summed E-state index contributed by atoms with van der Waals surface area (Å²) >= 11 is 6.71. The van der Waals surface area contributed by atoms with E-state index in [1.807, 2.05) is 48.5 Å². The number of halogens is 2. The van der Waals surface area contributed by atoms with Gasteiger partial charge in [-0.2, -0.15) is 0 Å². The Morgan fingerprint density at radius 2 is 0.857 bits per heavy atom. The van der Waals surface area contributed by atoms with Crippen molar-refractivity contribution in [1.82, 2.24) is 0 Å². The minimum absolute atomic E-state index is 0.0448. The van der Waals surface area contributed by atoms with Crippen LogP contribution in [-0.4, -0.2) is 11.6 Å². The van der Waals surface area contributed by atoms with Crippen molar-refractivity contribution in [2.24, 2.45) is 0 Å². The zero-order valence-corrected chi connectivity index (χ0v) is 18.0. The standard InChI is InChI=1S/C24H16Br2O2/c25-21-11-7-19(8-12-21)23(27)15-5-17-1-2-18(4-3-17)6-16-24(28)20-9-13-22(26)14-10-20/h1-16H/b15-5+,16-6+. The molecule has 0 aliphatic heterocycles. The van der Waals surface area contributed by atoms with Crippen LogP contribution in [-0.2, 0) is 0 Å². The van der Waals surface area contributed by atoms with Crippen LogP contribution in [0.1, 0.15) is 31.8 Å². The van der Waals surface area contributed by atoms with Gasteiger partial charge in [0.2, 0.25) is 0 Å². The second kappa shape index (κ2) is 9.58. The van der Waals surface area contributed by atoms with Crippen molar-refractivity contribution in [3.8, 4) is 0 Å². The Balaban J connectivity index is 1.62. The summed E-state index contributed by atoms with van der Waals surface area (Å²) in [5.41, 5.74) is 3.12. The number of rotatable bonds is 6. The predicted octanol–water partition coefficient (Wildman–Crippen LogP) is 7.00. The molecule has 0 aliphatic carbocycles. The summed E-state index contributed by atoms with van der Waals surface area (Å²) in [5.74, 6) is -0.0897. The Kier molecular flexibility index (Phi) is 6.90. The van der Waals surface area contributed by atoms with E-state index in [4.69, 9.17) is 0 Å². The first-order valence-corrected chi connectivity index (χ1v) is 10.2. The van der Waals surface area contributed by atoms with E-state index in [0.29, 0.717) is 11.1 Å². The van der Waals surface area contributed by atoms with Crippen LogP contribution in [0.25, 0.3) is 12.2 Å². The number of carbonyl (C=O) groups is 2. The van der Waals surface area contributed by atoms with Crippen molar-refractivity contribution in [2.75, 3.05) is 0 Å². The molecule has 138 valence electrons. The van der Waals surface area contributed by atoms with Crippen LogP contribution in [0.3, 0.4) is 0 Å². The highest BCUT2D eigenvalue weighted by Gasteiger charge is 2.02. The fraction of sp³-hybridized carbons (Fsp3) is 0. The average Bonchev–Trinajstić information content (AvgIpc) is 2.72. The quantitative estimate of drug-likeness (QED) is 0.272. The van der Waals surface area contributed by atoms with Gasteiger partial charge in [-0.25, -0.2) is 0 Å². The molecule has 3 rings (SSSR count). The van der Waals surface area contributed by atoms with E-state index in [0.717, 1.165) is 20.1 Å². The first kappa shape index (κ1) is 20.2. The molecule has 0 bridgehead atoms. The van der Waals surface area contributed by atoms with E-state index in [9.17, 15) is 9.59 Å². The third-order valence-corrected chi connectivity index (χ3v) is 5.11. The summed E-state index contributed by atoms with van der Waals surface area (Å²) < 4.78 is 1.88. The van der Waals surface area contributed by atoms with Crippen LogP contribution in [0.4, 0.5) is 0 Å². The summed E-state index contributed by atoms with van der Waals surface area (Å²) in [7, 11) is 0. The molecule has 0 heterocycles. The largest absolute Gasteiger partial charge is 0.289 e. The molecule has 28 heavy (non-hydrogen) atoms. The van der Waals surface area contributed by atoms with Gasteiger partial charge in [0.15, 0.2) is 11.6 Å². The van der Waals surface area contributed by atoms with Gasteiger partial charge in [-0.05, 0) is 71.8 Å². The lowest BCUT2D eigenvalue weighted by Gasteiger charge is -1.98. The van der Waals surface area contributed by atoms with Gasteiger partial charge in [0.05, 0.1) is 0 Å². The van der Waals surface area contributed by atoms with Crippen LogP contribution in [0, 0.1) is 0 Å². The van der Waals surface area contributed by atoms with Crippen molar-refractivity contribution in [1.29, 1.82) is 0 Å². The second-order valence-electron chi connectivity index (χ2n) is 6.08. The Morgan fingerprint density at radius 1 is 0.536 bits per heavy atom. The molecule has 4 heteroatoms. The number of hydrogen-bond acceptors (Lipinski definition) is 2. The van der Waals surface area contributed by atoms with Crippen LogP contribution in [0.2, 0.25) is 0 Å². The molecule has 3 aromatic rings. The third-order valence-electron chi connectivity index (χ3n) is 4.05. The smallest absolute Gasteiger partial charge is 0.185 e. The molecule has 0 saturated carbocycles. The molecule has 0 N–H and O–H groups in total. The Labute approximate surface area is 180 Å². The lowest BCUT2D eigenvalue weighted by molar-refractivity contribution is 0.103. The molecule has 3 aromatic carbocycles. The van der Waals surface area contributed by atoms with Crippen LogP contribution < -0.4 is 0 Å². The molecule has 0 aromatic heterocycles. The number of carbonyl (C=O) groups excluding carboxylic acids is 2. The minimum atomic E-state index is -0.0448. The summed E-state index contributed by atoms with van der Waals surface area (Å²) in [6, 6.07) is 22.2. The summed E-state index contributed by atoms with van der Waals surface area (Å²) in [4.78, 5) is 24.4. The topological polar surface area (TPSA) is 34.1 Å². The van der Waals surface area contributed by atoms with Gasteiger partial charge in [-0.1, -0.05) is 68.3 Å². The highest BCUT2D eigenvalue weighted by molar-refractivity contribution is 9.10. The SMILES string of the molecule is O=C(/C=C/c1ccc(/C=C/C(=O)c2ccc(Br)cc2)cc1)c1ccc(Br)cc1. The van der Waals surface area contributed by atoms with E-state index in [1.165, 1.54) is 0 Å². The maximum absolute atomic E-state index is 12.2. The summed E-state index contributed by atoms with van der Waals surface area (Å²) in [5, 5.41) is 0. The zero-order chi connectivity index (χ0) is 19.9. The molecular weight excluding hydrogens is 480 g/mol. The van der Waals surface area contributed by atoms with Crippen LogP contribution in [0.5, 0.6) is 0 Å². The van der Waals surface area contributed by atoms with E-state index < -0.39 is 0 Å². The van der Waals surface area contributed by atoms with Crippen molar-refractivity contribution in [2.45, 2.75) is 0 Å².